The van der Waals surface area contributed by atoms with Gasteiger partial charge in [-0.1, -0.05) is 18.2 Å². The van der Waals surface area contributed by atoms with Gasteiger partial charge in [0.25, 0.3) is 11.5 Å². The van der Waals surface area contributed by atoms with Crippen LogP contribution in [0.25, 0.3) is 10.9 Å². The zero-order valence-electron chi connectivity index (χ0n) is 17.7. The Morgan fingerprint density at radius 3 is 2.53 bits per heavy atom. The molecule has 9 heteroatoms. The number of benzene rings is 2. The maximum absolute atomic E-state index is 13.4. The highest BCUT2D eigenvalue weighted by Crippen LogP contribution is 2.32. The molecule has 0 spiro atoms. The molecule has 0 saturated carbocycles. The van der Waals surface area contributed by atoms with E-state index in [1.165, 1.54) is 38.3 Å². The van der Waals surface area contributed by atoms with Crippen molar-refractivity contribution in [2.45, 2.75) is 39.2 Å². The molecule has 170 valence electrons. The molecule has 1 atom stereocenters. The molecule has 3 rings (SSSR count). The average molecular weight is 450 g/mol. The smallest absolute Gasteiger partial charge is 0.380 e. The quantitative estimate of drug-likeness (QED) is 0.565. The molecule has 0 fully saturated rings. The van der Waals surface area contributed by atoms with Crippen molar-refractivity contribution >= 4 is 16.8 Å². The van der Waals surface area contributed by atoms with Gasteiger partial charge in [0, 0.05) is 19.0 Å². The Bertz CT molecular complexity index is 1220. The molecule has 0 bridgehead atoms. The molecule has 1 aromatic heterocycles. The fraction of sp³-hybridized carbons (Fsp3) is 0.304. The van der Waals surface area contributed by atoms with Crippen LogP contribution in [-0.2, 0) is 24.0 Å². The first-order valence-electron chi connectivity index (χ1n) is 9.82. The van der Waals surface area contributed by atoms with Gasteiger partial charge in [-0.05, 0) is 49.2 Å². The van der Waals surface area contributed by atoms with E-state index >= 15 is 0 Å². The Kier molecular flexibility index (Phi) is 6.68. The van der Waals surface area contributed by atoms with E-state index in [2.05, 4.69) is 5.32 Å². The lowest BCUT2D eigenvalue weighted by molar-refractivity contribution is -0.137. The standard InChI is InChI=1S/C23H22F4N2O3/c1-13(32-3)12-29-19-10-16(23(25,26)27)7-8-18(19)14(2)20(22(29)31)21(30)28-11-15-5-4-6-17(24)9-15/h4-10,13H,11-12H2,1-3H3,(H,28,30). The number of aromatic nitrogens is 1. The minimum Gasteiger partial charge on any atom is -0.380 e. The van der Waals surface area contributed by atoms with Crippen LogP contribution in [0.15, 0.2) is 47.3 Å². The molecule has 0 aliphatic rings. The van der Waals surface area contributed by atoms with Gasteiger partial charge in [-0.25, -0.2) is 4.39 Å². The number of aryl methyl sites for hydroxylation is 1. The van der Waals surface area contributed by atoms with Gasteiger partial charge < -0.3 is 14.6 Å². The molecule has 0 saturated heterocycles. The molecule has 2 aromatic carbocycles. The van der Waals surface area contributed by atoms with Crippen molar-refractivity contribution in [2.24, 2.45) is 0 Å². The molecule has 1 heterocycles. The van der Waals surface area contributed by atoms with Crippen molar-refractivity contribution in [3.05, 3.63) is 80.9 Å². The number of halogens is 4. The number of rotatable bonds is 6. The summed E-state index contributed by atoms with van der Waals surface area (Å²) >= 11 is 0. The third kappa shape index (κ3) is 4.83. The number of fused-ring (bicyclic) bond motifs is 1. The Balaban J connectivity index is 2.11. The maximum atomic E-state index is 13.4. The molecule has 1 amide bonds. The van der Waals surface area contributed by atoms with E-state index in [9.17, 15) is 27.2 Å². The van der Waals surface area contributed by atoms with Crippen molar-refractivity contribution in [3.8, 4) is 0 Å². The van der Waals surface area contributed by atoms with E-state index in [0.717, 1.165) is 16.7 Å². The first kappa shape index (κ1) is 23.5. The lowest BCUT2D eigenvalue weighted by atomic mass is 10.0. The fourth-order valence-corrected chi connectivity index (χ4v) is 3.49. The summed E-state index contributed by atoms with van der Waals surface area (Å²) in [4.78, 5) is 26.1. The van der Waals surface area contributed by atoms with Crippen LogP contribution in [0.1, 0.15) is 34.0 Å². The van der Waals surface area contributed by atoms with Crippen LogP contribution in [0.4, 0.5) is 17.6 Å². The van der Waals surface area contributed by atoms with E-state index in [0.29, 0.717) is 10.9 Å². The van der Waals surface area contributed by atoms with Gasteiger partial charge in [0.05, 0.1) is 23.7 Å². The van der Waals surface area contributed by atoms with E-state index < -0.39 is 35.1 Å². The SMILES string of the molecule is COC(C)Cn1c(=O)c(C(=O)NCc2cccc(F)c2)c(C)c2ccc(C(F)(F)F)cc21. The summed E-state index contributed by atoms with van der Waals surface area (Å²) in [5.74, 6) is -1.16. The third-order valence-electron chi connectivity index (χ3n) is 5.27. The number of carbonyl (C=O) groups is 1. The predicted molar refractivity (Wildman–Crippen MR) is 112 cm³/mol. The number of hydrogen-bond acceptors (Lipinski definition) is 3. The molecule has 0 aliphatic carbocycles. The predicted octanol–water partition coefficient (Wildman–Crippen LogP) is 4.43. The summed E-state index contributed by atoms with van der Waals surface area (Å²) in [6.45, 7) is 3.11. The van der Waals surface area contributed by atoms with Crippen LogP contribution in [0.2, 0.25) is 0 Å². The number of nitrogens with zero attached hydrogens (tertiary/aromatic N) is 1. The minimum atomic E-state index is -4.59. The third-order valence-corrected chi connectivity index (χ3v) is 5.27. The van der Waals surface area contributed by atoms with Gasteiger partial charge >= 0.3 is 6.18 Å². The summed E-state index contributed by atoms with van der Waals surface area (Å²) in [7, 11) is 1.42. The van der Waals surface area contributed by atoms with Crippen molar-refractivity contribution < 1.29 is 27.1 Å². The van der Waals surface area contributed by atoms with Crippen molar-refractivity contribution in [3.63, 3.8) is 0 Å². The molecule has 0 aliphatic heterocycles. The normalized spacial score (nSPS) is 12.7. The number of methoxy groups -OCH3 is 1. The van der Waals surface area contributed by atoms with E-state index in [-0.39, 0.29) is 29.7 Å². The monoisotopic (exact) mass is 450 g/mol. The van der Waals surface area contributed by atoms with Gasteiger partial charge in [0.1, 0.15) is 11.4 Å². The van der Waals surface area contributed by atoms with Gasteiger partial charge in [-0.3, -0.25) is 9.59 Å². The van der Waals surface area contributed by atoms with Crippen LogP contribution in [0, 0.1) is 12.7 Å². The molecule has 32 heavy (non-hydrogen) atoms. The molecule has 5 nitrogen and oxygen atoms in total. The van der Waals surface area contributed by atoms with Crippen molar-refractivity contribution in [1.82, 2.24) is 9.88 Å². The van der Waals surface area contributed by atoms with Crippen LogP contribution in [0.5, 0.6) is 0 Å². The second kappa shape index (κ2) is 9.12. The average Bonchev–Trinajstić information content (AvgIpc) is 2.74. The van der Waals surface area contributed by atoms with Crippen LogP contribution < -0.4 is 10.9 Å². The van der Waals surface area contributed by atoms with E-state index in [4.69, 9.17) is 4.74 Å². The Morgan fingerprint density at radius 2 is 1.91 bits per heavy atom. The molecule has 0 radical (unpaired) electrons. The van der Waals surface area contributed by atoms with Crippen LogP contribution in [-0.4, -0.2) is 23.7 Å². The largest absolute Gasteiger partial charge is 0.416 e. The second-order valence-corrected chi connectivity index (χ2v) is 7.50. The number of alkyl halides is 3. The number of amides is 1. The van der Waals surface area contributed by atoms with Gasteiger partial charge in [-0.2, -0.15) is 13.2 Å². The summed E-state index contributed by atoms with van der Waals surface area (Å²) in [6, 6.07) is 8.71. The van der Waals surface area contributed by atoms with E-state index in [1.807, 2.05) is 0 Å². The molecule has 1 unspecified atom stereocenters. The lowest BCUT2D eigenvalue weighted by Crippen LogP contribution is -2.36. The van der Waals surface area contributed by atoms with Crippen molar-refractivity contribution in [1.29, 1.82) is 0 Å². The number of hydrogen-bond donors (Lipinski definition) is 1. The highest BCUT2D eigenvalue weighted by Gasteiger charge is 2.31. The fourth-order valence-electron chi connectivity index (χ4n) is 3.49. The minimum absolute atomic E-state index is 0.0189. The van der Waals surface area contributed by atoms with Crippen LogP contribution >= 0.6 is 0 Å². The summed E-state index contributed by atoms with van der Waals surface area (Å²) < 4.78 is 59.5. The van der Waals surface area contributed by atoms with E-state index in [1.54, 1.807) is 13.0 Å². The Morgan fingerprint density at radius 1 is 1.19 bits per heavy atom. The van der Waals surface area contributed by atoms with Gasteiger partial charge in [-0.15, -0.1) is 0 Å². The summed E-state index contributed by atoms with van der Waals surface area (Å²) in [5.41, 5.74) is -0.984. The van der Waals surface area contributed by atoms with Gasteiger partial charge in [0.2, 0.25) is 0 Å². The van der Waals surface area contributed by atoms with Crippen LogP contribution in [0.3, 0.4) is 0 Å². The summed E-state index contributed by atoms with van der Waals surface area (Å²) in [5, 5.41) is 2.93. The lowest BCUT2D eigenvalue weighted by Gasteiger charge is -2.19. The van der Waals surface area contributed by atoms with Gasteiger partial charge in [0.15, 0.2) is 0 Å². The number of nitrogens with one attached hydrogen (secondary N) is 1. The molecule has 3 aromatic rings. The molecular formula is C23H22F4N2O3. The Labute approximate surface area is 181 Å². The summed E-state index contributed by atoms with van der Waals surface area (Å²) in [6.07, 6.45) is -5.08. The number of ether oxygens (including phenoxy) is 1. The zero-order chi connectivity index (χ0) is 23.6. The Hall–Kier alpha value is -3.20. The van der Waals surface area contributed by atoms with Crippen molar-refractivity contribution in [2.75, 3.05) is 7.11 Å². The first-order valence-corrected chi connectivity index (χ1v) is 9.82. The molecular weight excluding hydrogens is 428 g/mol. The highest BCUT2D eigenvalue weighted by atomic mass is 19.4. The maximum Gasteiger partial charge on any atom is 0.416 e. The second-order valence-electron chi connectivity index (χ2n) is 7.50. The zero-order valence-corrected chi connectivity index (χ0v) is 17.7. The highest BCUT2D eigenvalue weighted by molar-refractivity contribution is 6.00. The number of pyridine rings is 1. The topological polar surface area (TPSA) is 60.3 Å². The first-order chi connectivity index (χ1) is 15.0. The number of carbonyl (C=O) groups excluding carboxylic acids is 1. The molecule has 1 N–H and O–H groups in total.